The van der Waals surface area contributed by atoms with E-state index in [9.17, 15) is 0 Å². The highest BCUT2D eigenvalue weighted by molar-refractivity contribution is 7.80. The number of thiocarbonyl (C=S) groups is 1. The number of anilines is 1. The number of nitrogens with one attached hydrogen (secondary N) is 2. The second-order valence-corrected chi connectivity index (χ2v) is 8.26. The minimum absolute atomic E-state index is 0.526. The molecule has 1 fully saturated rings. The Bertz CT molecular complexity index is 485. The predicted molar refractivity (Wildman–Crippen MR) is 119 cm³/mol. The first kappa shape index (κ1) is 21.2. The van der Waals surface area contributed by atoms with Crippen LogP contribution >= 0.6 is 12.2 Å². The third kappa shape index (κ3) is 9.02. The van der Waals surface area contributed by atoms with Crippen molar-refractivity contribution < 1.29 is 0 Å². The zero-order valence-electron chi connectivity index (χ0n) is 16.7. The van der Waals surface area contributed by atoms with E-state index in [4.69, 9.17) is 12.2 Å². The van der Waals surface area contributed by atoms with Crippen LogP contribution < -0.4 is 10.6 Å². The van der Waals surface area contributed by atoms with Gasteiger partial charge >= 0.3 is 0 Å². The number of unbranched alkanes of at least 4 members (excludes halogenated alkanes) is 1. The molecule has 0 aromatic heterocycles. The summed E-state index contributed by atoms with van der Waals surface area (Å²) in [6.45, 7) is 2.24. The quantitative estimate of drug-likeness (QED) is 0.543. The van der Waals surface area contributed by atoms with E-state index in [0.29, 0.717) is 6.04 Å². The van der Waals surface area contributed by atoms with Gasteiger partial charge in [-0.1, -0.05) is 83.3 Å². The van der Waals surface area contributed by atoms with Crippen LogP contribution in [0.3, 0.4) is 0 Å². The van der Waals surface area contributed by atoms with Crippen LogP contribution in [0.25, 0.3) is 0 Å². The van der Waals surface area contributed by atoms with E-state index in [1.807, 2.05) is 0 Å². The molecule has 0 unspecified atom stereocenters. The van der Waals surface area contributed by atoms with Crippen molar-refractivity contribution in [2.75, 3.05) is 5.32 Å². The number of hydrogen-bond acceptors (Lipinski definition) is 1. The van der Waals surface area contributed by atoms with E-state index < -0.39 is 0 Å². The maximum absolute atomic E-state index is 5.58. The average molecular weight is 375 g/mol. The lowest BCUT2D eigenvalue weighted by Crippen LogP contribution is -2.37. The van der Waals surface area contributed by atoms with E-state index in [0.717, 1.165) is 10.8 Å². The van der Waals surface area contributed by atoms with Gasteiger partial charge < -0.3 is 10.6 Å². The zero-order valence-corrected chi connectivity index (χ0v) is 17.5. The number of hydrogen-bond donors (Lipinski definition) is 2. The molecular weight excluding hydrogens is 336 g/mol. The van der Waals surface area contributed by atoms with Crippen molar-refractivity contribution in [2.45, 2.75) is 103 Å². The molecule has 146 valence electrons. The third-order valence-electron chi connectivity index (χ3n) is 5.47. The molecule has 0 saturated heterocycles. The van der Waals surface area contributed by atoms with E-state index in [2.05, 4.69) is 41.8 Å². The fourth-order valence-corrected chi connectivity index (χ4v) is 4.08. The van der Waals surface area contributed by atoms with Crippen LogP contribution in [0.2, 0.25) is 0 Å². The molecule has 0 bridgehead atoms. The first-order chi connectivity index (χ1) is 12.8. The van der Waals surface area contributed by atoms with Crippen LogP contribution in [0.4, 0.5) is 5.69 Å². The third-order valence-corrected chi connectivity index (χ3v) is 5.69. The Kier molecular flexibility index (Phi) is 10.7. The van der Waals surface area contributed by atoms with E-state index >= 15 is 0 Å². The summed E-state index contributed by atoms with van der Waals surface area (Å²) in [5.41, 5.74) is 2.51. The van der Waals surface area contributed by atoms with Crippen molar-refractivity contribution in [2.24, 2.45) is 0 Å². The average Bonchev–Trinajstić information content (AvgIpc) is 2.63. The Hall–Kier alpha value is -1.09. The van der Waals surface area contributed by atoms with Gasteiger partial charge in [0.25, 0.3) is 0 Å². The highest BCUT2D eigenvalue weighted by Crippen LogP contribution is 2.17. The van der Waals surface area contributed by atoms with Crippen molar-refractivity contribution in [3.05, 3.63) is 29.8 Å². The summed E-state index contributed by atoms with van der Waals surface area (Å²) < 4.78 is 0. The van der Waals surface area contributed by atoms with Crippen LogP contribution in [0, 0.1) is 0 Å². The Morgan fingerprint density at radius 2 is 1.42 bits per heavy atom. The monoisotopic (exact) mass is 374 g/mol. The van der Waals surface area contributed by atoms with Crippen LogP contribution in [0.15, 0.2) is 24.3 Å². The van der Waals surface area contributed by atoms with E-state index in [1.54, 1.807) is 0 Å². The second kappa shape index (κ2) is 13.1. The summed E-state index contributed by atoms with van der Waals surface area (Å²) in [5, 5.41) is 7.75. The van der Waals surface area contributed by atoms with E-state index in [1.165, 1.54) is 95.5 Å². The summed E-state index contributed by atoms with van der Waals surface area (Å²) >= 11 is 5.58. The molecule has 2 nitrogen and oxygen atoms in total. The second-order valence-electron chi connectivity index (χ2n) is 7.86. The molecule has 26 heavy (non-hydrogen) atoms. The normalized spacial score (nSPS) is 17.7. The molecule has 0 aliphatic heterocycles. The van der Waals surface area contributed by atoms with Gasteiger partial charge in [0.1, 0.15) is 0 Å². The minimum atomic E-state index is 0.526. The van der Waals surface area contributed by atoms with Gasteiger partial charge in [0, 0.05) is 11.7 Å². The molecule has 1 aromatic rings. The number of benzene rings is 1. The van der Waals surface area contributed by atoms with Gasteiger partial charge in [0.15, 0.2) is 5.11 Å². The van der Waals surface area contributed by atoms with Gasteiger partial charge in [0.2, 0.25) is 0 Å². The molecule has 3 heteroatoms. The predicted octanol–water partition coefficient (Wildman–Crippen LogP) is 6.99. The van der Waals surface area contributed by atoms with Crippen molar-refractivity contribution in [3.8, 4) is 0 Å². The van der Waals surface area contributed by atoms with Crippen molar-refractivity contribution in [1.82, 2.24) is 5.32 Å². The van der Waals surface area contributed by atoms with E-state index in [-0.39, 0.29) is 0 Å². The highest BCUT2D eigenvalue weighted by atomic mass is 32.1. The maximum Gasteiger partial charge on any atom is 0.170 e. The lowest BCUT2D eigenvalue weighted by atomic mass is 9.98. The van der Waals surface area contributed by atoms with Crippen LogP contribution in [-0.4, -0.2) is 11.2 Å². The standard InChI is InChI=1S/C23H38N2S/c1-2-3-13-20-16-18-22(19-17-20)25-23(26)24-21-14-11-9-7-5-4-6-8-10-12-15-21/h16-19,21H,2-15H2,1H3,(H2,24,25,26). The molecule has 1 aromatic carbocycles. The van der Waals surface area contributed by atoms with Crippen LogP contribution in [0.1, 0.15) is 96.0 Å². The molecule has 1 aliphatic rings. The SMILES string of the molecule is CCCCc1ccc(NC(=S)NC2CCCCCCCCCCC2)cc1. The first-order valence-corrected chi connectivity index (χ1v) is 11.3. The fourth-order valence-electron chi connectivity index (χ4n) is 3.80. The summed E-state index contributed by atoms with van der Waals surface area (Å²) in [5.74, 6) is 0. The topological polar surface area (TPSA) is 24.1 Å². The molecule has 0 atom stereocenters. The molecule has 1 saturated carbocycles. The zero-order chi connectivity index (χ0) is 18.5. The summed E-state index contributed by atoms with van der Waals surface area (Å²) in [4.78, 5) is 0. The molecule has 0 radical (unpaired) electrons. The van der Waals surface area contributed by atoms with Crippen molar-refractivity contribution >= 4 is 23.0 Å². The molecule has 2 N–H and O–H groups in total. The van der Waals surface area contributed by atoms with Gasteiger partial charge in [-0.2, -0.15) is 0 Å². The van der Waals surface area contributed by atoms with Crippen molar-refractivity contribution in [1.29, 1.82) is 0 Å². The fraction of sp³-hybridized carbons (Fsp3) is 0.696. The molecule has 1 aliphatic carbocycles. The van der Waals surface area contributed by atoms with Gasteiger partial charge in [0.05, 0.1) is 0 Å². The summed E-state index contributed by atoms with van der Waals surface area (Å²) in [6.07, 6.45) is 18.7. The lowest BCUT2D eigenvalue weighted by Gasteiger charge is -2.21. The van der Waals surface area contributed by atoms with Crippen molar-refractivity contribution in [3.63, 3.8) is 0 Å². The van der Waals surface area contributed by atoms with Crippen LogP contribution in [-0.2, 0) is 6.42 Å². The maximum atomic E-state index is 5.58. The number of aryl methyl sites for hydroxylation is 1. The lowest BCUT2D eigenvalue weighted by molar-refractivity contribution is 0.444. The highest BCUT2D eigenvalue weighted by Gasteiger charge is 2.11. The molecule has 0 amide bonds. The smallest absolute Gasteiger partial charge is 0.170 e. The van der Waals surface area contributed by atoms with Crippen LogP contribution in [0.5, 0.6) is 0 Å². The Labute approximate surface area is 166 Å². The molecular formula is C23H38N2S. The van der Waals surface area contributed by atoms with Gasteiger partial charge in [-0.25, -0.2) is 0 Å². The molecule has 0 spiro atoms. The van der Waals surface area contributed by atoms with Gasteiger partial charge in [-0.15, -0.1) is 0 Å². The van der Waals surface area contributed by atoms with Gasteiger partial charge in [-0.3, -0.25) is 0 Å². The Morgan fingerprint density at radius 3 is 1.96 bits per heavy atom. The minimum Gasteiger partial charge on any atom is -0.360 e. The Morgan fingerprint density at radius 1 is 0.885 bits per heavy atom. The summed E-state index contributed by atoms with van der Waals surface area (Å²) in [6, 6.07) is 9.27. The molecule has 2 rings (SSSR count). The Balaban J connectivity index is 1.77. The summed E-state index contributed by atoms with van der Waals surface area (Å²) in [7, 11) is 0. The first-order valence-electron chi connectivity index (χ1n) is 10.9. The molecule has 0 heterocycles. The van der Waals surface area contributed by atoms with Gasteiger partial charge in [-0.05, 0) is 55.6 Å². The number of rotatable bonds is 5. The largest absolute Gasteiger partial charge is 0.360 e.